The number of hydrogen-bond acceptors (Lipinski definition) is 3. The van der Waals surface area contributed by atoms with Crippen molar-refractivity contribution in [3.63, 3.8) is 0 Å². The van der Waals surface area contributed by atoms with Crippen LogP contribution in [0.15, 0.2) is 0 Å². The minimum Gasteiger partial charge on any atom is -0.480 e. The van der Waals surface area contributed by atoms with Gasteiger partial charge < -0.3 is 16.2 Å². The molecule has 1 aliphatic rings. The molecule has 0 bridgehead atoms. The summed E-state index contributed by atoms with van der Waals surface area (Å²) in [6, 6.07) is -0.845. The molecule has 1 aliphatic carbocycles. The van der Waals surface area contributed by atoms with Gasteiger partial charge in [0.1, 0.15) is 6.04 Å². The van der Waals surface area contributed by atoms with Crippen molar-refractivity contribution in [3.8, 4) is 0 Å². The van der Waals surface area contributed by atoms with Crippen LogP contribution in [-0.4, -0.2) is 28.6 Å². The first kappa shape index (κ1) is 12.0. The van der Waals surface area contributed by atoms with E-state index in [-0.39, 0.29) is 12.3 Å². The van der Waals surface area contributed by atoms with Gasteiger partial charge in [0.15, 0.2) is 0 Å². The SMILES string of the molecule is C[C@@H](NC(=O)CC1(N)CCCC1)C(=O)O. The number of nitrogens with two attached hydrogens (primary N) is 1. The molecule has 5 heteroatoms. The smallest absolute Gasteiger partial charge is 0.325 e. The Balaban J connectivity index is 2.38. The highest BCUT2D eigenvalue weighted by Crippen LogP contribution is 2.29. The second-order valence-electron chi connectivity index (χ2n) is 4.37. The number of carbonyl (C=O) groups excluding carboxylic acids is 1. The Morgan fingerprint density at radius 2 is 2.00 bits per heavy atom. The van der Waals surface area contributed by atoms with Crippen LogP contribution in [0.25, 0.3) is 0 Å². The molecule has 1 amide bonds. The number of carboxylic acids is 1. The molecule has 0 radical (unpaired) electrons. The Bertz CT molecular complexity index is 259. The lowest BCUT2D eigenvalue weighted by Gasteiger charge is -2.23. The van der Waals surface area contributed by atoms with E-state index in [1.165, 1.54) is 6.92 Å². The Kier molecular flexibility index (Phi) is 3.68. The van der Waals surface area contributed by atoms with Crippen molar-refractivity contribution in [3.05, 3.63) is 0 Å². The van der Waals surface area contributed by atoms with E-state index in [1.54, 1.807) is 0 Å². The van der Waals surface area contributed by atoms with Crippen LogP contribution in [0.1, 0.15) is 39.0 Å². The summed E-state index contributed by atoms with van der Waals surface area (Å²) in [4.78, 5) is 22.0. The van der Waals surface area contributed by atoms with Crippen molar-refractivity contribution in [1.82, 2.24) is 5.32 Å². The molecule has 1 fully saturated rings. The zero-order valence-electron chi connectivity index (χ0n) is 8.95. The third-order valence-electron chi connectivity index (χ3n) is 2.86. The van der Waals surface area contributed by atoms with Gasteiger partial charge in [0.05, 0.1) is 0 Å². The Morgan fingerprint density at radius 1 is 1.47 bits per heavy atom. The lowest BCUT2D eigenvalue weighted by Crippen LogP contribution is -2.45. The lowest BCUT2D eigenvalue weighted by atomic mass is 9.94. The van der Waals surface area contributed by atoms with E-state index < -0.39 is 17.6 Å². The van der Waals surface area contributed by atoms with Crippen molar-refractivity contribution in [1.29, 1.82) is 0 Å². The molecule has 4 N–H and O–H groups in total. The average Bonchev–Trinajstić information content (AvgIpc) is 2.50. The van der Waals surface area contributed by atoms with Gasteiger partial charge in [-0.1, -0.05) is 12.8 Å². The zero-order valence-corrected chi connectivity index (χ0v) is 8.95. The highest BCUT2D eigenvalue weighted by Gasteiger charge is 2.32. The monoisotopic (exact) mass is 214 g/mol. The molecule has 86 valence electrons. The summed E-state index contributed by atoms with van der Waals surface area (Å²) < 4.78 is 0. The van der Waals surface area contributed by atoms with Crippen molar-refractivity contribution in [2.24, 2.45) is 5.73 Å². The number of hydrogen-bond donors (Lipinski definition) is 3. The highest BCUT2D eigenvalue weighted by molar-refractivity contribution is 5.83. The molecule has 0 spiro atoms. The highest BCUT2D eigenvalue weighted by atomic mass is 16.4. The number of carbonyl (C=O) groups is 2. The lowest BCUT2D eigenvalue weighted by molar-refractivity contribution is -0.141. The van der Waals surface area contributed by atoms with Crippen molar-refractivity contribution < 1.29 is 14.7 Å². The molecular weight excluding hydrogens is 196 g/mol. The molecule has 0 unspecified atom stereocenters. The Hall–Kier alpha value is -1.10. The second-order valence-corrected chi connectivity index (χ2v) is 4.37. The predicted octanol–water partition coefficient (Wildman–Crippen LogP) is 0.237. The number of nitrogens with one attached hydrogen (secondary N) is 1. The van der Waals surface area contributed by atoms with Gasteiger partial charge in [-0.15, -0.1) is 0 Å². The summed E-state index contributed by atoms with van der Waals surface area (Å²) in [5.41, 5.74) is 5.59. The first-order chi connectivity index (χ1) is 6.93. The molecular formula is C10H18N2O3. The summed E-state index contributed by atoms with van der Waals surface area (Å²) in [6.07, 6.45) is 4.03. The quantitative estimate of drug-likeness (QED) is 0.625. The van der Waals surface area contributed by atoms with E-state index >= 15 is 0 Å². The van der Waals surface area contributed by atoms with Crippen LogP contribution in [-0.2, 0) is 9.59 Å². The van der Waals surface area contributed by atoms with Gasteiger partial charge in [-0.05, 0) is 19.8 Å². The topological polar surface area (TPSA) is 92.4 Å². The summed E-state index contributed by atoms with van der Waals surface area (Å²) in [6.45, 7) is 1.44. The molecule has 1 atom stereocenters. The van der Waals surface area contributed by atoms with Crippen LogP contribution in [0.5, 0.6) is 0 Å². The molecule has 1 saturated carbocycles. The predicted molar refractivity (Wildman–Crippen MR) is 55.2 cm³/mol. The van der Waals surface area contributed by atoms with Crippen LogP contribution in [0.4, 0.5) is 0 Å². The minimum atomic E-state index is -1.03. The molecule has 1 rings (SSSR count). The summed E-state index contributed by atoms with van der Waals surface area (Å²) in [7, 11) is 0. The van der Waals surface area contributed by atoms with Gasteiger partial charge in [0.2, 0.25) is 5.91 Å². The maximum Gasteiger partial charge on any atom is 0.325 e. The Labute approximate surface area is 89.0 Å². The number of rotatable bonds is 4. The van der Waals surface area contributed by atoms with E-state index in [0.29, 0.717) is 0 Å². The molecule has 0 aromatic rings. The van der Waals surface area contributed by atoms with Crippen LogP contribution in [0.2, 0.25) is 0 Å². The Morgan fingerprint density at radius 3 is 2.47 bits per heavy atom. The van der Waals surface area contributed by atoms with E-state index in [1.807, 2.05) is 0 Å². The fourth-order valence-corrected chi connectivity index (χ4v) is 1.93. The van der Waals surface area contributed by atoms with Gasteiger partial charge in [-0.25, -0.2) is 0 Å². The fourth-order valence-electron chi connectivity index (χ4n) is 1.93. The van der Waals surface area contributed by atoms with Gasteiger partial charge in [0.25, 0.3) is 0 Å². The molecule has 0 aromatic carbocycles. The largest absolute Gasteiger partial charge is 0.480 e. The number of carboxylic acid groups (broad SMARTS) is 1. The molecule has 0 aromatic heterocycles. The first-order valence-electron chi connectivity index (χ1n) is 5.24. The van der Waals surface area contributed by atoms with Gasteiger partial charge in [-0.2, -0.15) is 0 Å². The van der Waals surface area contributed by atoms with Gasteiger partial charge in [-0.3, -0.25) is 9.59 Å². The van der Waals surface area contributed by atoms with Crippen molar-refractivity contribution in [2.45, 2.75) is 50.6 Å². The van der Waals surface area contributed by atoms with Crippen LogP contribution < -0.4 is 11.1 Å². The van der Waals surface area contributed by atoms with E-state index in [4.69, 9.17) is 10.8 Å². The minimum absolute atomic E-state index is 0.227. The van der Waals surface area contributed by atoms with E-state index in [2.05, 4.69) is 5.32 Å². The van der Waals surface area contributed by atoms with Crippen LogP contribution >= 0.6 is 0 Å². The molecule has 5 nitrogen and oxygen atoms in total. The van der Waals surface area contributed by atoms with Crippen molar-refractivity contribution >= 4 is 11.9 Å². The van der Waals surface area contributed by atoms with E-state index in [9.17, 15) is 9.59 Å². The van der Waals surface area contributed by atoms with Gasteiger partial charge in [0, 0.05) is 12.0 Å². The normalized spacial score (nSPS) is 20.9. The molecule has 15 heavy (non-hydrogen) atoms. The summed E-state index contributed by atoms with van der Waals surface area (Å²) in [5, 5.41) is 11.0. The maximum absolute atomic E-state index is 11.5. The maximum atomic E-state index is 11.5. The number of aliphatic carboxylic acids is 1. The average molecular weight is 214 g/mol. The first-order valence-corrected chi connectivity index (χ1v) is 5.24. The van der Waals surface area contributed by atoms with Crippen LogP contribution in [0, 0.1) is 0 Å². The zero-order chi connectivity index (χ0) is 11.5. The molecule has 0 aliphatic heterocycles. The van der Waals surface area contributed by atoms with Gasteiger partial charge >= 0.3 is 5.97 Å². The molecule has 0 saturated heterocycles. The number of amides is 1. The molecule has 0 heterocycles. The third-order valence-corrected chi connectivity index (χ3v) is 2.86. The van der Waals surface area contributed by atoms with Crippen LogP contribution in [0.3, 0.4) is 0 Å². The summed E-state index contributed by atoms with van der Waals surface area (Å²) >= 11 is 0. The summed E-state index contributed by atoms with van der Waals surface area (Å²) in [5.74, 6) is -1.30. The van der Waals surface area contributed by atoms with Crippen molar-refractivity contribution in [2.75, 3.05) is 0 Å². The second kappa shape index (κ2) is 4.61. The van der Waals surface area contributed by atoms with E-state index in [0.717, 1.165) is 25.7 Å². The standard InChI is InChI=1S/C10H18N2O3/c1-7(9(14)15)12-8(13)6-10(11)4-2-3-5-10/h7H,2-6,11H2,1H3,(H,12,13)(H,14,15)/t7-/m1/s1. The third kappa shape index (κ3) is 3.51. The fraction of sp³-hybridized carbons (Fsp3) is 0.800.